The Hall–Kier alpha value is -4.07. The lowest BCUT2D eigenvalue weighted by atomic mass is 9.96. The Morgan fingerprint density at radius 2 is 1.91 bits per heavy atom. The first-order chi connectivity index (χ1) is 16.5. The molecule has 5 rings (SSSR count). The van der Waals surface area contributed by atoms with E-state index in [0.717, 1.165) is 5.56 Å². The fourth-order valence-electron chi connectivity index (χ4n) is 4.63. The quantitative estimate of drug-likeness (QED) is 0.591. The van der Waals surface area contributed by atoms with Gasteiger partial charge >= 0.3 is 0 Å². The number of pyridine rings is 1. The van der Waals surface area contributed by atoms with E-state index < -0.39 is 28.9 Å². The predicted molar refractivity (Wildman–Crippen MR) is 125 cm³/mol. The van der Waals surface area contributed by atoms with Crippen molar-refractivity contribution in [2.24, 2.45) is 0 Å². The van der Waals surface area contributed by atoms with Gasteiger partial charge in [0.1, 0.15) is 30.9 Å². The van der Waals surface area contributed by atoms with Gasteiger partial charge in [-0.15, -0.1) is 0 Å². The van der Waals surface area contributed by atoms with E-state index in [0.29, 0.717) is 17.7 Å². The van der Waals surface area contributed by atoms with Crippen molar-refractivity contribution in [1.29, 1.82) is 0 Å². The molecule has 0 spiro atoms. The summed E-state index contributed by atoms with van der Waals surface area (Å²) in [4.78, 5) is 27.4. The molecule has 1 amide bonds. The average Bonchev–Trinajstić information content (AvgIpc) is 2.87. The lowest BCUT2D eigenvalue weighted by Gasteiger charge is -2.45. The monoisotopic (exact) mass is 461 g/mol. The summed E-state index contributed by atoms with van der Waals surface area (Å²) in [6, 6.07) is 14.4. The van der Waals surface area contributed by atoms with Gasteiger partial charge in [0, 0.05) is 23.9 Å². The number of halogens is 1. The van der Waals surface area contributed by atoms with Gasteiger partial charge in [0.15, 0.2) is 11.4 Å². The highest BCUT2D eigenvalue weighted by atomic mass is 19.1. The lowest BCUT2D eigenvalue weighted by molar-refractivity contribution is 0.0626. The second-order valence-electron chi connectivity index (χ2n) is 8.29. The standard InChI is InChI=1S/C26H24FN3O4/c1-2-19-9-6-14-34-22-15-18(27)10-11-20(22)23(17-7-4-3-5-8-17)30-16-28(19)26(33)24-25(32)21(31)12-13-29(24)30/h3-13,15,19,23,32H,2,14,16H2,1H3/b9-6-/t19-,23+/m0/s1. The molecule has 174 valence electrons. The number of amides is 1. The van der Waals surface area contributed by atoms with Gasteiger partial charge in [0.05, 0.1) is 6.04 Å². The van der Waals surface area contributed by atoms with Crippen LogP contribution in [0, 0.1) is 5.82 Å². The molecule has 0 saturated heterocycles. The normalized spacial score (nSPS) is 20.6. The SMILES string of the molecule is CC[C@H]1/C=C\COc2cc(F)ccc2[C@@H](c2ccccc2)N2CN1C(=O)c1c(O)c(=O)ccn12. The van der Waals surface area contributed by atoms with Gasteiger partial charge in [0.25, 0.3) is 5.91 Å². The summed E-state index contributed by atoms with van der Waals surface area (Å²) in [6.07, 6.45) is 5.77. The molecule has 1 aromatic heterocycles. The maximum absolute atomic E-state index is 14.2. The number of nitrogens with zero attached hydrogens (tertiary/aromatic N) is 3. The Balaban J connectivity index is 1.82. The zero-order valence-electron chi connectivity index (χ0n) is 18.6. The highest BCUT2D eigenvalue weighted by Gasteiger charge is 2.39. The summed E-state index contributed by atoms with van der Waals surface area (Å²) in [7, 11) is 0. The van der Waals surface area contributed by atoms with Crippen molar-refractivity contribution in [3.8, 4) is 11.5 Å². The molecule has 2 aliphatic rings. The number of rotatable bonds is 2. The summed E-state index contributed by atoms with van der Waals surface area (Å²) >= 11 is 0. The van der Waals surface area contributed by atoms with Gasteiger partial charge in [-0.3, -0.25) is 19.3 Å². The molecule has 3 aromatic rings. The van der Waals surface area contributed by atoms with Crippen LogP contribution in [0.3, 0.4) is 0 Å². The highest BCUT2D eigenvalue weighted by molar-refractivity contribution is 5.96. The molecule has 34 heavy (non-hydrogen) atoms. The number of carbonyl (C=O) groups is 1. The molecule has 2 atom stereocenters. The van der Waals surface area contributed by atoms with Crippen molar-refractivity contribution >= 4 is 5.91 Å². The van der Waals surface area contributed by atoms with Crippen molar-refractivity contribution in [2.75, 3.05) is 18.3 Å². The van der Waals surface area contributed by atoms with Crippen LogP contribution in [-0.2, 0) is 0 Å². The molecule has 1 N–H and O–H groups in total. The van der Waals surface area contributed by atoms with E-state index in [9.17, 15) is 19.1 Å². The van der Waals surface area contributed by atoms with Crippen LogP contribution in [0.1, 0.15) is 41.0 Å². The molecular weight excluding hydrogens is 437 g/mol. The molecule has 8 heteroatoms. The van der Waals surface area contributed by atoms with E-state index in [4.69, 9.17) is 4.74 Å². The summed E-state index contributed by atoms with van der Waals surface area (Å²) in [5.41, 5.74) is 0.832. The fraction of sp³-hybridized carbons (Fsp3) is 0.231. The highest BCUT2D eigenvalue weighted by Crippen LogP contribution is 2.37. The van der Waals surface area contributed by atoms with Crippen molar-refractivity contribution in [2.45, 2.75) is 25.4 Å². The van der Waals surface area contributed by atoms with Gasteiger partial charge in [0.2, 0.25) is 5.43 Å². The molecule has 0 aliphatic carbocycles. The van der Waals surface area contributed by atoms with Crippen molar-refractivity contribution in [3.63, 3.8) is 0 Å². The van der Waals surface area contributed by atoms with E-state index in [2.05, 4.69) is 0 Å². The van der Waals surface area contributed by atoms with Crippen LogP contribution in [0.2, 0.25) is 0 Å². The smallest absolute Gasteiger partial charge is 0.278 e. The van der Waals surface area contributed by atoms with E-state index >= 15 is 0 Å². The fourth-order valence-corrected chi connectivity index (χ4v) is 4.63. The third-order valence-corrected chi connectivity index (χ3v) is 6.29. The van der Waals surface area contributed by atoms with Crippen LogP contribution in [0.5, 0.6) is 11.5 Å². The van der Waals surface area contributed by atoms with E-state index in [1.165, 1.54) is 29.1 Å². The van der Waals surface area contributed by atoms with E-state index in [1.54, 1.807) is 17.0 Å². The summed E-state index contributed by atoms with van der Waals surface area (Å²) in [5.74, 6) is -1.08. The zero-order chi connectivity index (χ0) is 23.8. The summed E-state index contributed by atoms with van der Waals surface area (Å²) in [5, 5.41) is 12.5. The number of benzene rings is 2. The van der Waals surface area contributed by atoms with Gasteiger partial charge in [-0.05, 0) is 30.2 Å². The van der Waals surface area contributed by atoms with Crippen LogP contribution >= 0.6 is 0 Å². The molecular formula is C26H24FN3O4. The van der Waals surface area contributed by atoms with Crippen LogP contribution in [0.25, 0.3) is 0 Å². The third-order valence-electron chi connectivity index (χ3n) is 6.29. The lowest BCUT2D eigenvalue weighted by Crippen LogP contribution is -2.57. The van der Waals surface area contributed by atoms with Crippen LogP contribution in [0.4, 0.5) is 4.39 Å². The average molecular weight is 461 g/mol. The molecule has 2 aliphatic heterocycles. The van der Waals surface area contributed by atoms with Gasteiger partial charge in [-0.2, -0.15) is 0 Å². The number of fused-ring (bicyclic) bond motifs is 5. The Morgan fingerprint density at radius 3 is 2.68 bits per heavy atom. The minimum atomic E-state index is -0.628. The maximum atomic E-state index is 14.2. The molecule has 3 heterocycles. The minimum absolute atomic E-state index is 0.102. The summed E-state index contributed by atoms with van der Waals surface area (Å²) < 4.78 is 21.7. The number of aromatic hydroxyl groups is 1. The minimum Gasteiger partial charge on any atom is -0.502 e. The van der Waals surface area contributed by atoms with E-state index in [1.807, 2.05) is 48.3 Å². The second kappa shape index (κ2) is 8.70. The number of hydrogen-bond donors (Lipinski definition) is 1. The molecule has 0 radical (unpaired) electrons. The molecule has 0 saturated carbocycles. The number of aromatic nitrogens is 1. The van der Waals surface area contributed by atoms with Gasteiger partial charge in [-0.25, -0.2) is 4.39 Å². The number of carbonyl (C=O) groups excluding carboxylic acids is 1. The van der Waals surface area contributed by atoms with Crippen molar-refractivity contribution in [3.05, 3.63) is 106 Å². The third kappa shape index (κ3) is 3.61. The maximum Gasteiger partial charge on any atom is 0.278 e. The Morgan fingerprint density at radius 1 is 1.12 bits per heavy atom. The zero-order valence-corrected chi connectivity index (χ0v) is 18.6. The van der Waals surface area contributed by atoms with Crippen molar-refractivity contribution in [1.82, 2.24) is 9.58 Å². The second-order valence-corrected chi connectivity index (χ2v) is 8.29. The predicted octanol–water partition coefficient (Wildman–Crippen LogP) is 3.56. The summed E-state index contributed by atoms with van der Waals surface area (Å²) in [6.45, 7) is 2.33. The van der Waals surface area contributed by atoms with Crippen molar-refractivity contribution < 1.29 is 19.0 Å². The Bertz CT molecular complexity index is 1320. The first kappa shape index (κ1) is 21.8. The first-order valence-corrected chi connectivity index (χ1v) is 11.2. The molecule has 0 unspecified atom stereocenters. The van der Waals surface area contributed by atoms with E-state index in [-0.39, 0.29) is 25.0 Å². The van der Waals surface area contributed by atoms with Gasteiger partial charge < -0.3 is 14.7 Å². The Kier molecular flexibility index (Phi) is 5.57. The molecule has 2 aromatic carbocycles. The van der Waals surface area contributed by atoms with Crippen LogP contribution < -0.4 is 15.2 Å². The van der Waals surface area contributed by atoms with Crippen LogP contribution in [-0.4, -0.2) is 39.9 Å². The Labute approximate surface area is 195 Å². The molecule has 7 nitrogen and oxygen atoms in total. The number of ether oxygens (including phenoxy) is 1. The van der Waals surface area contributed by atoms with Gasteiger partial charge in [-0.1, -0.05) is 43.3 Å². The molecule has 2 bridgehead atoms. The topological polar surface area (TPSA) is 75.0 Å². The largest absolute Gasteiger partial charge is 0.502 e. The van der Waals surface area contributed by atoms with Crippen LogP contribution in [0.15, 0.2) is 77.7 Å². The molecule has 0 fully saturated rings. The first-order valence-electron chi connectivity index (χ1n) is 11.2. The number of hydrogen-bond acceptors (Lipinski definition) is 5.